The molecule has 0 saturated carbocycles. The molecule has 2 heterocycles. The lowest BCUT2D eigenvalue weighted by molar-refractivity contribution is -0.119. The third-order valence-corrected chi connectivity index (χ3v) is 6.06. The molecule has 1 amide bonds. The summed E-state index contributed by atoms with van der Waals surface area (Å²) in [5, 5.41) is 3.21. The fourth-order valence-electron chi connectivity index (χ4n) is 2.80. The van der Waals surface area contributed by atoms with Gasteiger partial charge in [0.05, 0.1) is 23.1 Å². The second-order valence-electron chi connectivity index (χ2n) is 5.60. The van der Waals surface area contributed by atoms with Crippen LogP contribution in [0.4, 0.5) is 5.13 Å². The zero-order valence-electron chi connectivity index (χ0n) is 13.5. The number of amides is 1. The summed E-state index contributed by atoms with van der Waals surface area (Å²) in [6, 6.07) is 4.89. The minimum Gasteiger partial charge on any atom is -0.494 e. The van der Waals surface area contributed by atoms with Gasteiger partial charge in [-0.15, -0.1) is 0 Å². The Morgan fingerprint density at radius 2 is 2.29 bits per heavy atom. The van der Waals surface area contributed by atoms with E-state index in [0.717, 1.165) is 22.2 Å². The van der Waals surface area contributed by atoms with Gasteiger partial charge in [-0.2, -0.15) is 4.31 Å². The van der Waals surface area contributed by atoms with Crippen LogP contribution < -0.4 is 10.1 Å². The van der Waals surface area contributed by atoms with Crippen molar-refractivity contribution >= 4 is 42.6 Å². The molecule has 1 aromatic carbocycles. The molecule has 1 aliphatic rings. The molecule has 1 fully saturated rings. The van der Waals surface area contributed by atoms with E-state index in [1.165, 1.54) is 15.6 Å². The first-order valence-corrected chi connectivity index (χ1v) is 10.4. The third-order valence-electron chi connectivity index (χ3n) is 3.83. The van der Waals surface area contributed by atoms with E-state index in [1.54, 1.807) is 0 Å². The summed E-state index contributed by atoms with van der Waals surface area (Å²) < 4.78 is 31.1. The number of nitrogens with zero attached hydrogens (tertiary/aromatic N) is 2. The molecule has 1 N–H and O–H groups in total. The molecule has 1 aromatic heterocycles. The molecule has 1 unspecified atom stereocenters. The van der Waals surface area contributed by atoms with Crippen molar-refractivity contribution in [3.05, 3.63) is 18.2 Å². The standard InChI is InChI=1S/C15H19N3O4S2/c1-3-22-10-6-7-11-13(9-10)23-15(16-11)17-14(19)12-5-4-8-18(12)24(2,20)21/h6-7,9,12H,3-5,8H2,1-2H3,(H,16,17,19). The van der Waals surface area contributed by atoms with Gasteiger partial charge in [0.25, 0.3) is 0 Å². The Kier molecular flexibility index (Phi) is 4.75. The van der Waals surface area contributed by atoms with Crippen molar-refractivity contribution in [1.29, 1.82) is 0 Å². The maximum Gasteiger partial charge on any atom is 0.244 e. The first-order valence-electron chi connectivity index (χ1n) is 7.69. The van der Waals surface area contributed by atoms with Gasteiger partial charge in [0.2, 0.25) is 15.9 Å². The van der Waals surface area contributed by atoms with Crippen LogP contribution in [0.3, 0.4) is 0 Å². The molecule has 0 radical (unpaired) electrons. The lowest BCUT2D eigenvalue weighted by Gasteiger charge is -2.20. The van der Waals surface area contributed by atoms with Crippen molar-refractivity contribution in [2.75, 3.05) is 24.7 Å². The summed E-state index contributed by atoms with van der Waals surface area (Å²) in [4.78, 5) is 16.8. The average molecular weight is 369 g/mol. The van der Waals surface area contributed by atoms with Gasteiger partial charge in [0, 0.05) is 6.54 Å². The van der Waals surface area contributed by atoms with Gasteiger partial charge in [-0.25, -0.2) is 13.4 Å². The van der Waals surface area contributed by atoms with Crippen molar-refractivity contribution in [3.8, 4) is 5.75 Å². The molecular weight excluding hydrogens is 350 g/mol. The molecule has 1 atom stereocenters. The molecule has 24 heavy (non-hydrogen) atoms. The van der Waals surface area contributed by atoms with Gasteiger partial charge in [-0.1, -0.05) is 11.3 Å². The van der Waals surface area contributed by atoms with E-state index in [9.17, 15) is 13.2 Å². The van der Waals surface area contributed by atoms with Crippen molar-refractivity contribution in [2.45, 2.75) is 25.8 Å². The van der Waals surface area contributed by atoms with Crippen LogP contribution in [0, 0.1) is 0 Å². The van der Waals surface area contributed by atoms with Crippen LogP contribution in [-0.2, 0) is 14.8 Å². The normalized spacial score (nSPS) is 18.8. The summed E-state index contributed by atoms with van der Waals surface area (Å²) in [6.45, 7) is 2.88. The van der Waals surface area contributed by atoms with Crippen molar-refractivity contribution in [1.82, 2.24) is 9.29 Å². The predicted molar refractivity (Wildman–Crippen MR) is 94.0 cm³/mol. The molecule has 1 aliphatic heterocycles. The van der Waals surface area contributed by atoms with Crippen LogP contribution >= 0.6 is 11.3 Å². The van der Waals surface area contributed by atoms with Crippen molar-refractivity contribution < 1.29 is 17.9 Å². The zero-order chi connectivity index (χ0) is 17.3. The number of fused-ring (bicyclic) bond motifs is 1. The maximum atomic E-state index is 12.4. The number of rotatable bonds is 5. The zero-order valence-corrected chi connectivity index (χ0v) is 15.1. The van der Waals surface area contributed by atoms with Crippen LogP contribution in [0.1, 0.15) is 19.8 Å². The summed E-state index contributed by atoms with van der Waals surface area (Å²) in [5.41, 5.74) is 0.769. The van der Waals surface area contributed by atoms with Crippen LogP contribution in [0.25, 0.3) is 10.2 Å². The highest BCUT2D eigenvalue weighted by molar-refractivity contribution is 7.88. The summed E-state index contributed by atoms with van der Waals surface area (Å²) >= 11 is 1.34. The Morgan fingerprint density at radius 1 is 1.50 bits per heavy atom. The number of benzene rings is 1. The number of nitrogens with one attached hydrogen (secondary N) is 1. The Balaban J connectivity index is 1.78. The summed E-state index contributed by atoms with van der Waals surface area (Å²) in [7, 11) is -3.39. The molecular formula is C15H19N3O4S2. The molecule has 2 aromatic rings. The second-order valence-corrected chi connectivity index (χ2v) is 8.57. The van der Waals surface area contributed by atoms with Crippen LogP contribution in [-0.4, -0.2) is 49.1 Å². The highest BCUT2D eigenvalue weighted by atomic mass is 32.2. The number of ether oxygens (including phenoxy) is 1. The summed E-state index contributed by atoms with van der Waals surface area (Å²) in [5.74, 6) is 0.424. The molecule has 130 valence electrons. The van der Waals surface area contributed by atoms with E-state index >= 15 is 0 Å². The Morgan fingerprint density at radius 3 is 3.00 bits per heavy atom. The van der Waals surface area contributed by atoms with E-state index in [4.69, 9.17) is 4.74 Å². The number of anilines is 1. The molecule has 7 nitrogen and oxygen atoms in total. The molecule has 0 aliphatic carbocycles. The van der Waals surface area contributed by atoms with Crippen molar-refractivity contribution in [2.24, 2.45) is 0 Å². The van der Waals surface area contributed by atoms with Crippen LogP contribution in [0.2, 0.25) is 0 Å². The number of hydrogen-bond acceptors (Lipinski definition) is 6. The van der Waals surface area contributed by atoms with Gasteiger partial charge >= 0.3 is 0 Å². The second kappa shape index (κ2) is 6.66. The Labute approximate surface area is 144 Å². The quantitative estimate of drug-likeness (QED) is 0.871. The monoisotopic (exact) mass is 369 g/mol. The molecule has 0 spiro atoms. The first-order chi connectivity index (χ1) is 11.4. The van der Waals surface area contributed by atoms with E-state index in [0.29, 0.717) is 31.1 Å². The number of carbonyl (C=O) groups excluding carboxylic acids is 1. The number of hydrogen-bond donors (Lipinski definition) is 1. The first kappa shape index (κ1) is 17.1. The minimum absolute atomic E-state index is 0.331. The van der Waals surface area contributed by atoms with Gasteiger partial charge in [0.1, 0.15) is 11.8 Å². The van der Waals surface area contributed by atoms with Crippen LogP contribution in [0.15, 0.2) is 18.2 Å². The van der Waals surface area contributed by atoms with Gasteiger partial charge in [-0.3, -0.25) is 4.79 Å². The maximum absolute atomic E-state index is 12.4. The minimum atomic E-state index is -3.39. The summed E-state index contributed by atoms with van der Waals surface area (Å²) in [6.07, 6.45) is 2.34. The smallest absolute Gasteiger partial charge is 0.244 e. The lowest BCUT2D eigenvalue weighted by atomic mass is 10.2. The fraction of sp³-hybridized carbons (Fsp3) is 0.467. The highest BCUT2D eigenvalue weighted by Crippen LogP contribution is 2.30. The predicted octanol–water partition coefficient (Wildman–Crippen LogP) is 2.06. The van der Waals surface area contributed by atoms with E-state index < -0.39 is 16.1 Å². The average Bonchev–Trinajstić information content (AvgIpc) is 3.12. The van der Waals surface area contributed by atoms with Crippen molar-refractivity contribution in [3.63, 3.8) is 0 Å². The molecule has 3 rings (SSSR count). The Hall–Kier alpha value is -1.71. The number of thiazole rings is 1. The number of sulfonamides is 1. The number of carbonyl (C=O) groups is 1. The fourth-order valence-corrected chi connectivity index (χ4v) is 4.82. The topological polar surface area (TPSA) is 88.6 Å². The van der Waals surface area contributed by atoms with E-state index in [-0.39, 0.29) is 5.91 Å². The largest absolute Gasteiger partial charge is 0.494 e. The van der Waals surface area contributed by atoms with Gasteiger partial charge < -0.3 is 10.1 Å². The number of aromatic nitrogens is 1. The molecule has 0 bridgehead atoms. The molecule has 1 saturated heterocycles. The van der Waals surface area contributed by atoms with Gasteiger partial charge in [-0.05, 0) is 38.0 Å². The molecule has 9 heteroatoms. The van der Waals surface area contributed by atoms with Gasteiger partial charge in [0.15, 0.2) is 5.13 Å². The Bertz CT molecular complexity index is 863. The van der Waals surface area contributed by atoms with E-state index in [2.05, 4.69) is 10.3 Å². The highest BCUT2D eigenvalue weighted by Gasteiger charge is 2.36. The lowest BCUT2D eigenvalue weighted by Crippen LogP contribution is -2.42. The van der Waals surface area contributed by atoms with Crippen LogP contribution in [0.5, 0.6) is 5.75 Å². The third kappa shape index (κ3) is 3.52. The van der Waals surface area contributed by atoms with E-state index in [1.807, 2.05) is 25.1 Å². The SMILES string of the molecule is CCOc1ccc2nc(NC(=O)C3CCCN3S(C)(=O)=O)sc2c1.